The van der Waals surface area contributed by atoms with Crippen LogP contribution in [-0.4, -0.2) is 262 Å². The smallest absolute Gasteiger partial charge is 0.179 e. The molecule has 0 saturated carbocycles. The van der Waals surface area contributed by atoms with E-state index in [0.717, 1.165) is 0 Å². The van der Waals surface area contributed by atoms with Crippen LogP contribution in [0.4, 0.5) is 23.3 Å². The Labute approximate surface area is 754 Å². The molecule has 0 aromatic carbocycles. The minimum absolute atomic E-state index is 0.0311. The average molecular weight is 1890 g/mol. The first kappa shape index (κ1) is 100. The Morgan fingerprint density at radius 1 is 0.368 bits per heavy atom. The molecule has 16 atom stereocenters. The van der Waals surface area contributed by atoms with E-state index < -0.39 is 138 Å². The largest absolute Gasteiger partial charge is 0.790 e. The predicted octanol–water partition coefficient (Wildman–Crippen LogP) is -6.76. The topological polar surface area (TPSA) is 778 Å². The first-order valence-corrected chi connectivity index (χ1v) is 44.2. The summed E-state index contributed by atoms with van der Waals surface area (Å²) in [6.07, 6.45) is 14.0. The van der Waals surface area contributed by atoms with Crippen molar-refractivity contribution in [3.63, 3.8) is 0 Å². The molecule has 133 heavy (non-hydrogen) atoms. The summed E-state index contributed by atoms with van der Waals surface area (Å²) < 4.78 is 58.9. The second kappa shape index (κ2) is 42.3. The number of aromatic nitrogens is 20. The van der Waals surface area contributed by atoms with Crippen molar-refractivity contribution in [3.05, 3.63) is 171 Å². The number of Topliss-reactive ketones (excluding diaryl/α,β-unsaturated/α-hetero) is 4. The van der Waals surface area contributed by atoms with Gasteiger partial charge in [0.05, 0.1) is 89.6 Å². The van der Waals surface area contributed by atoms with Gasteiger partial charge in [0.15, 0.2) is 141 Å². The third kappa shape index (κ3) is 21.7. The van der Waals surface area contributed by atoms with Gasteiger partial charge in [0.25, 0.3) is 0 Å². The van der Waals surface area contributed by atoms with Gasteiger partial charge in [-0.05, 0) is 52.0 Å². The third-order valence-corrected chi connectivity index (χ3v) is 24.6. The molecule has 16 rings (SSSR count). The van der Waals surface area contributed by atoms with Gasteiger partial charge in [-0.25, -0.2) is 78.1 Å². The molecule has 12 aromatic rings. The Kier molecular flexibility index (Phi) is 31.9. The maximum atomic E-state index is 11.6. The summed E-state index contributed by atoms with van der Waals surface area (Å²) in [5.74, 6) is 0.606. The highest BCUT2D eigenvalue weighted by Gasteiger charge is 2.60. The first-order chi connectivity index (χ1) is 63.2. The van der Waals surface area contributed by atoms with Crippen LogP contribution in [0.3, 0.4) is 0 Å². The van der Waals surface area contributed by atoms with Crippen molar-refractivity contribution < 1.29 is 151 Å². The number of imidazole rings is 4. The number of pyridine rings is 4. The highest BCUT2D eigenvalue weighted by molar-refractivity contribution is 7.57. The number of anilines is 4. The Morgan fingerprint density at radius 2 is 0.571 bits per heavy atom. The number of fused-ring (bicyclic) bond motifs is 4. The van der Waals surface area contributed by atoms with Crippen LogP contribution in [-0.2, 0) is 81.5 Å². The fourth-order valence-corrected chi connectivity index (χ4v) is 17.3. The number of ether oxygens (including phenoxy) is 4. The summed E-state index contributed by atoms with van der Waals surface area (Å²) in [6.45, 7) is 6.31. The standard InChI is InChI=1S/4C20H25N6O5.H4O7P2/c4*1-12(28)13-4-2-6-25(8-13)7-3-5-20(17(30)16(29)14(9-27)31-20)26-11-24-15-18(21)22-10-23-19(15)26;1-8(2,3)7-9(4,5)6/h4*2,4,6,8,10-11,14,16-17,27,29-30H,3,5,7,9H2,1H3,(H2,21,22,23);(H2,1,2,3)(H2,4,5,6)/q4*+1;/p-4/t4*14-,16-,17-,20-;/m1111./s1. The zero-order valence-electron chi connectivity index (χ0n) is 71.7. The van der Waals surface area contributed by atoms with Crippen LogP contribution in [0.5, 0.6) is 0 Å². The van der Waals surface area contributed by atoms with Crippen LogP contribution < -0.4 is 60.8 Å². The maximum Gasteiger partial charge on any atom is 0.179 e. The van der Waals surface area contributed by atoms with Crippen LogP contribution in [0.1, 0.15) is 120 Å². The molecule has 51 nitrogen and oxygen atoms in total. The second-order valence-corrected chi connectivity index (χ2v) is 34.0. The van der Waals surface area contributed by atoms with Crippen molar-refractivity contribution in [1.29, 1.82) is 0 Å². The molecule has 712 valence electrons. The quantitative estimate of drug-likeness (QED) is 0.0113. The first-order valence-electron chi connectivity index (χ1n) is 41.3. The highest BCUT2D eigenvalue weighted by atomic mass is 31.3. The molecule has 0 bridgehead atoms. The number of nitrogens with two attached hydrogens (primary N) is 4. The number of carbonyl (C=O) groups is 4. The van der Waals surface area contributed by atoms with Crippen molar-refractivity contribution in [3.8, 4) is 0 Å². The lowest BCUT2D eigenvalue weighted by atomic mass is 9.97. The lowest BCUT2D eigenvalue weighted by Gasteiger charge is -2.39. The van der Waals surface area contributed by atoms with Gasteiger partial charge in [0.2, 0.25) is 0 Å². The summed E-state index contributed by atoms with van der Waals surface area (Å²) in [7, 11) is -11.4. The number of aryl methyl sites for hydroxylation is 4. The molecule has 0 amide bonds. The molecule has 12 aromatic heterocycles. The van der Waals surface area contributed by atoms with Gasteiger partial charge in [-0.1, -0.05) is 0 Å². The number of ketones is 4. The van der Waals surface area contributed by atoms with Gasteiger partial charge in [0, 0.05) is 75.6 Å². The second-order valence-electron chi connectivity index (χ2n) is 31.6. The molecule has 0 aliphatic carbocycles. The molecule has 20 N–H and O–H groups in total. The molecule has 4 aliphatic heterocycles. The fourth-order valence-electron chi connectivity index (χ4n) is 16.4. The lowest BCUT2D eigenvalue weighted by Crippen LogP contribution is -2.46. The van der Waals surface area contributed by atoms with E-state index in [0.29, 0.717) is 119 Å². The zero-order valence-corrected chi connectivity index (χ0v) is 73.5. The molecule has 4 aliphatic rings. The van der Waals surface area contributed by atoms with Gasteiger partial charge in [-0.15, -0.1) is 0 Å². The van der Waals surface area contributed by atoms with Gasteiger partial charge in [-0.2, -0.15) is 0 Å². The van der Waals surface area contributed by atoms with E-state index in [1.165, 1.54) is 78.3 Å². The fraction of sp³-hybridized carbons (Fsp3) is 0.450. The molecule has 0 radical (unpaired) electrons. The Bertz CT molecular complexity index is 5520. The van der Waals surface area contributed by atoms with Crippen molar-refractivity contribution in [2.75, 3.05) is 49.4 Å². The SMILES string of the molecule is CC(=O)c1ccc[n+](CCC[C@@]2(n3cnc4c(N)ncnc43)O[C@H](CO)[C@@H](O)[C@H]2O)c1.CC(=O)c1ccc[n+](CCC[C@@]2(n3cnc4c(N)ncnc43)O[C@H](CO)[C@@H](O)[C@H]2O)c1.CC(=O)c1ccc[n+](CCC[C@@]2(n3cnc4c(N)ncnc43)O[C@H](CO)[C@@H](O)[C@H]2O)c1.CC(=O)c1ccc[n+](CCC[C@@]2(n3cnc4c(N)ncnc43)O[C@H](CO)[C@@H](O)[C@H]2O)c1.O=P([O-])([O-])OP(=O)([O-])[O-]. The van der Waals surface area contributed by atoms with Crippen LogP contribution in [0.15, 0.2) is 149 Å². The van der Waals surface area contributed by atoms with Crippen molar-refractivity contribution in [2.45, 2.75) is 201 Å². The van der Waals surface area contributed by atoms with Crippen LogP contribution in [0, 0.1) is 0 Å². The summed E-state index contributed by atoms with van der Waals surface area (Å²) in [6, 6.07) is 14.2. The molecule has 0 unspecified atom stereocenters. The average Bonchev–Trinajstić information content (AvgIpc) is 1.60. The minimum Gasteiger partial charge on any atom is -0.790 e. The zero-order chi connectivity index (χ0) is 96.4. The normalized spacial score (nSPS) is 25.1. The lowest BCUT2D eigenvalue weighted by molar-refractivity contribution is -0.698. The van der Waals surface area contributed by atoms with Crippen LogP contribution in [0.2, 0.25) is 0 Å². The maximum absolute atomic E-state index is 11.6. The number of hydrogen-bond donors (Lipinski definition) is 16. The van der Waals surface area contributed by atoms with Gasteiger partial charge in [0.1, 0.15) is 147 Å². The van der Waals surface area contributed by atoms with Crippen molar-refractivity contribution >= 4 is 107 Å². The monoisotopic (exact) mass is 1890 g/mol. The van der Waals surface area contributed by atoms with E-state index in [1.807, 2.05) is 43.1 Å². The van der Waals surface area contributed by atoms with E-state index in [2.05, 4.69) is 64.1 Å². The minimum atomic E-state index is -5.68. The number of aliphatic hydroxyl groups excluding tert-OH is 12. The highest BCUT2D eigenvalue weighted by Crippen LogP contribution is 2.47. The van der Waals surface area contributed by atoms with Gasteiger partial charge < -0.3 is 136 Å². The van der Waals surface area contributed by atoms with E-state index in [-0.39, 0.29) is 72.1 Å². The number of nitrogen functional groups attached to an aromatic ring is 4. The Morgan fingerprint density at radius 3 is 0.737 bits per heavy atom. The summed E-state index contributed by atoms with van der Waals surface area (Å²) in [5.41, 5.74) is 23.1. The van der Waals surface area contributed by atoms with E-state index in [1.54, 1.807) is 91.6 Å². The Hall–Kier alpha value is -11.7. The molecule has 4 fully saturated rings. The summed E-state index contributed by atoms with van der Waals surface area (Å²) in [5, 5.41) is 124. The summed E-state index contributed by atoms with van der Waals surface area (Å²) in [4.78, 5) is 133. The number of rotatable bonds is 30. The number of phosphoric acid groups is 2. The van der Waals surface area contributed by atoms with E-state index >= 15 is 0 Å². The van der Waals surface area contributed by atoms with E-state index in [4.69, 9.17) is 41.9 Å². The number of nitrogens with zero attached hydrogens (tertiary/aromatic N) is 20. The van der Waals surface area contributed by atoms with Crippen LogP contribution in [0.25, 0.3) is 44.7 Å². The summed E-state index contributed by atoms with van der Waals surface area (Å²) >= 11 is 0. The molecule has 16 heterocycles. The van der Waals surface area contributed by atoms with Crippen molar-refractivity contribution in [2.24, 2.45) is 0 Å². The third-order valence-electron chi connectivity index (χ3n) is 23.0. The van der Waals surface area contributed by atoms with Crippen LogP contribution >= 0.6 is 15.6 Å². The predicted molar refractivity (Wildman–Crippen MR) is 447 cm³/mol. The van der Waals surface area contributed by atoms with Crippen molar-refractivity contribution in [1.82, 2.24) is 78.1 Å². The van der Waals surface area contributed by atoms with E-state index in [9.17, 15) is 109 Å². The van der Waals surface area contributed by atoms with Gasteiger partial charge in [-0.3, -0.25) is 37.4 Å². The molecule has 4 saturated heterocycles. The molecular weight excluding hydrogens is 1790 g/mol. The number of hydrogen-bond acceptors (Lipinski definition) is 43. The number of carbonyl (C=O) groups excluding carboxylic acids is 4. The Balaban J connectivity index is 0.000000155. The number of aliphatic hydroxyl groups is 12. The molecule has 53 heteroatoms. The van der Waals surface area contributed by atoms with Gasteiger partial charge >= 0.3 is 0 Å². The molecular formula is C80H100N24O27P2. The molecule has 0 spiro atoms.